The van der Waals surface area contributed by atoms with Crippen molar-refractivity contribution in [2.75, 3.05) is 6.61 Å². The SMILES string of the molecule is CC(C)(C)CC1OCCCC1=O. The molecule has 1 aliphatic heterocycles. The predicted molar refractivity (Wildman–Crippen MR) is 48.1 cm³/mol. The monoisotopic (exact) mass is 170 g/mol. The molecule has 0 aromatic rings. The minimum Gasteiger partial charge on any atom is -0.370 e. The van der Waals surface area contributed by atoms with Gasteiger partial charge in [0.05, 0.1) is 0 Å². The van der Waals surface area contributed by atoms with Gasteiger partial charge in [0, 0.05) is 13.0 Å². The van der Waals surface area contributed by atoms with E-state index in [1.807, 2.05) is 0 Å². The molecule has 0 N–H and O–H groups in total. The molecule has 12 heavy (non-hydrogen) atoms. The number of carbonyl (C=O) groups is 1. The van der Waals surface area contributed by atoms with Crippen LogP contribution in [0, 0.1) is 5.41 Å². The van der Waals surface area contributed by atoms with Crippen molar-refractivity contribution < 1.29 is 9.53 Å². The van der Waals surface area contributed by atoms with Crippen molar-refractivity contribution in [3.63, 3.8) is 0 Å². The van der Waals surface area contributed by atoms with Gasteiger partial charge in [0.15, 0.2) is 5.78 Å². The summed E-state index contributed by atoms with van der Waals surface area (Å²) < 4.78 is 5.42. The molecule has 1 heterocycles. The highest BCUT2D eigenvalue weighted by atomic mass is 16.5. The molecule has 2 nitrogen and oxygen atoms in total. The predicted octanol–water partition coefficient (Wildman–Crippen LogP) is 2.17. The zero-order valence-corrected chi connectivity index (χ0v) is 8.22. The van der Waals surface area contributed by atoms with Crippen molar-refractivity contribution >= 4 is 5.78 Å². The lowest BCUT2D eigenvalue weighted by Crippen LogP contribution is -2.33. The fraction of sp³-hybridized carbons (Fsp3) is 0.900. The molecule has 0 bridgehead atoms. The third-order valence-electron chi connectivity index (χ3n) is 2.04. The number of ether oxygens (including phenoxy) is 1. The Balaban J connectivity index is 2.45. The van der Waals surface area contributed by atoms with Crippen LogP contribution in [0.15, 0.2) is 0 Å². The van der Waals surface area contributed by atoms with Crippen LogP contribution >= 0.6 is 0 Å². The van der Waals surface area contributed by atoms with Crippen LogP contribution in [0.2, 0.25) is 0 Å². The number of hydrogen-bond acceptors (Lipinski definition) is 2. The first-order chi connectivity index (χ1) is 5.49. The maximum Gasteiger partial charge on any atom is 0.161 e. The zero-order valence-electron chi connectivity index (χ0n) is 8.22. The number of carbonyl (C=O) groups excluding carboxylic acids is 1. The Bertz CT molecular complexity index is 167. The Morgan fingerprint density at radius 3 is 2.67 bits per heavy atom. The highest BCUT2D eigenvalue weighted by Gasteiger charge is 2.27. The minimum absolute atomic E-state index is 0.126. The average Bonchev–Trinajstić information content (AvgIpc) is 1.91. The van der Waals surface area contributed by atoms with E-state index in [0.717, 1.165) is 19.4 Å². The quantitative estimate of drug-likeness (QED) is 0.603. The molecule has 2 heteroatoms. The number of ketones is 1. The normalized spacial score (nSPS) is 25.9. The van der Waals surface area contributed by atoms with Crippen molar-refractivity contribution in [3.8, 4) is 0 Å². The van der Waals surface area contributed by atoms with E-state index in [9.17, 15) is 4.79 Å². The first-order valence-corrected chi connectivity index (χ1v) is 4.63. The van der Waals surface area contributed by atoms with E-state index in [2.05, 4.69) is 20.8 Å². The maximum atomic E-state index is 11.3. The third kappa shape index (κ3) is 2.94. The maximum absolute atomic E-state index is 11.3. The standard InChI is InChI=1S/C10H18O2/c1-10(2,3)7-9-8(11)5-4-6-12-9/h9H,4-7H2,1-3H3. The van der Waals surface area contributed by atoms with Crippen molar-refractivity contribution in [2.45, 2.75) is 46.1 Å². The molecule has 1 atom stereocenters. The average molecular weight is 170 g/mol. The van der Waals surface area contributed by atoms with E-state index < -0.39 is 0 Å². The van der Waals surface area contributed by atoms with E-state index in [-0.39, 0.29) is 17.3 Å². The minimum atomic E-state index is -0.126. The summed E-state index contributed by atoms with van der Waals surface area (Å²) in [6.07, 6.45) is 2.34. The fourth-order valence-electron chi connectivity index (χ4n) is 1.45. The van der Waals surface area contributed by atoms with Crippen LogP contribution in [0.4, 0.5) is 0 Å². The molecule has 0 spiro atoms. The van der Waals surface area contributed by atoms with Gasteiger partial charge >= 0.3 is 0 Å². The molecule has 1 saturated heterocycles. The molecule has 70 valence electrons. The Morgan fingerprint density at radius 2 is 2.17 bits per heavy atom. The van der Waals surface area contributed by atoms with Crippen LogP contribution in [0.5, 0.6) is 0 Å². The molecule has 1 unspecified atom stereocenters. The van der Waals surface area contributed by atoms with E-state index >= 15 is 0 Å². The Hall–Kier alpha value is -0.370. The van der Waals surface area contributed by atoms with Crippen LogP contribution in [0.25, 0.3) is 0 Å². The molecule has 1 aliphatic rings. The third-order valence-corrected chi connectivity index (χ3v) is 2.04. The molecule has 0 aliphatic carbocycles. The summed E-state index contributed by atoms with van der Waals surface area (Å²) in [6, 6.07) is 0. The van der Waals surface area contributed by atoms with Crippen molar-refractivity contribution in [3.05, 3.63) is 0 Å². The summed E-state index contributed by atoms with van der Waals surface area (Å²) in [6.45, 7) is 7.17. The van der Waals surface area contributed by atoms with Gasteiger partial charge in [-0.2, -0.15) is 0 Å². The summed E-state index contributed by atoms with van der Waals surface area (Å²) in [5.41, 5.74) is 0.192. The summed E-state index contributed by atoms with van der Waals surface area (Å²) in [4.78, 5) is 11.3. The lowest BCUT2D eigenvalue weighted by atomic mass is 9.86. The lowest BCUT2D eigenvalue weighted by Gasteiger charge is -2.27. The molecule has 0 aromatic carbocycles. The van der Waals surface area contributed by atoms with Gasteiger partial charge in [-0.3, -0.25) is 4.79 Å². The fourth-order valence-corrected chi connectivity index (χ4v) is 1.45. The topological polar surface area (TPSA) is 26.3 Å². The summed E-state index contributed by atoms with van der Waals surface area (Å²) in [5, 5.41) is 0. The van der Waals surface area contributed by atoms with Crippen LogP contribution in [0.3, 0.4) is 0 Å². The van der Waals surface area contributed by atoms with Gasteiger partial charge in [0.25, 0.3) is 0 Å². The molecular weight excluding hydrogens is 152 g/mol. The van der Waals surface area contributed by atoms with Gasteiger partial charge in [0.2, 0.25) is 0 Å². The van der Waals surface area contributed by atoms with Crippen molar-refractivity contribution in [1.82, 2.24) is 0 Å². The van der Waals surface area contributed by atoms with Crippen LogP contribution in [-0.2, 0) is 9.53 Å². The second-order valence-corrected chi connectivity index (χ2v) is 4.69. The van der Waals surface area contributed by atoms with Gasteiger partial charge in [-0.1, -0.05) is 20.8 Å². The van der Waals surface area contributed by atoms with Crippen LogP contribution in [-0.4, -0.2) is 18.5 Å². The van der Waals surface area contributed by atoms with E-state index in [1.54, 1.807) is 0 Å². The van der Waals surface area contributed by atoms with E-state index in [4.69, 9.17) is 4.74 Å². The molecule has 0 radical (unpaired) electrons. The second-order valence-electron chi connectivity index (χ2n) is 4.69. The molecule has 1 rings (SSSR count). The smallest absolute Gasteiger partial charge is 0.161 e. The van der Waals surface area contributed by atoms with Gasteiger partial charge in [-0.05, 0) is 18.3 Å². The Labute approximate surface area is 74.3 Å². The summed E-state index contributed by atoms with van der Waals surface area (Å²) in [7, 11) is 0. The number of hydrogen-bond donors (Lipinski definition) is 0. The Morgan fingerprint density at radius 1 is 1.50 bits per heavy atom. The number of Topliss-reactive ketones (excluding diaryl/α,β-unsaturated/α-hetero) is 1. The van der Waals surface area contributed by atoms with E-state index in [0.29, 0.717) is 6.42 Å². The highest BCUT2D eigenvalue weighted by molar-refractivity contribution is 5.83. The van der Waals surface area contributed by atoms with E-state index in [1.165, 1.54) is 0 Å². The summed E-state index contributed by atoms with van der Waals surface area (Å²) >= 11 is 0. The van der Waals surface area contributed by atoms with Gasteiger partial charge in [-0.15, -0.1) is 0 Å². The molecule has 0 aromatic heterocycles. The van der Waals surface area contributed by atoms with Gasteiger partial charge in [-0.25, -0.2) is 0 Å². The zero-order chi connectivity index (χ0) is 9.19. The largest absolute Gasteiger partial charge is 0.370 e. The first-order valence-electron chi connectivity index (χ1n) is 4.63. The first kappa shape index (κ1) is 9.72. The van der Waals surface area contributed by atoms with Crippen LogP contribution in [0.1, 0.15) is 40.0 Å². The summed E-state index contributed by atoms with van der Waals surface area (Å²) in [5.74, 6) is 0.288. The van der Waals surface area contributed by atoms with Gasteiger partial charge in [0.1, 0.15) is 6.10 Å². The van der Waals surface area contributed by atoms with Crippen molar-refractivity contribution in [2.24, 2.45) is 5.41 Å². The lowest BCUT2D eigenvalue weighted by molar-refractivity contribution is -0.137. The molecule has 0 amide bonds. The molecular formula is C10H18O2. The highest BCUT2D eigenvalue weighted by Crippen LogP contribution is 2.25. The number of rotatable bonds is 1. The van der Waals surface area contributed by atoms with Gasteiger partial charge < -0.3 is 4.74 Å². The molecule has 0 saturated carbocycles. The Kier molecular flexibility index (Phi) is 2.89. The van der Waals surface area contributed by atoms with Crippen molar-refractivity contribution in [1.29, 1.82) is 0 Å². The van der Waals surface area contributed by atoms with Crippen LogP contribution < -0.4 is 0 Å². The molecule has 1 fully saturated rings. The second kappa shape index (κ2) is 3.56.